The van der Waals surface area contributed by atoms with Crippen LogP contribution in [0.15, 0.2) is 36.5 Å². The maximum atomic E-state index is 6.20. The van der Waals surface area contributed by atoms with Crippen molar-refractivity contribution < 1.29 is 0 Å². The molecule has 0 amide bonds. The van der Waals surface area contributed by atoms with E-state index < -0.39 is 0 Å². The van der Waals surface area contributed by atoms with E-state index in [1.807, 2.05) is 18.3 Å². The van der Waals surface area contributed by atoms with E-state index in [-0.39, 0.29) is 6.04 Å². The number of rotatable bonds is 5. The van der Waals surface area contributed by atoms with E-state index in [9.17, 15) is 0 Å². The molecule has 96 valence electrons. The third-order valence-electron chi connectivity index (χ3n) is 3.17. The maximum absolute atomic E-state index is 6.20. The lowest BCUT2D eigenvalue weighted by Gasteiger charge is -2.16. The molecular weight excluding hydrogens is 222 g/mol. The van der Waals surface area contributed by atoms with Gasteiger partial charge in [0.2, 0.25) is 0 Å². The molecule has 0 aliphatic heterocycles. The van der Waals surface area contributed by atoms with E-state index in [2.05, 4.69) is 42.2 Å². The van der Waals surface area contributed by atoms with Crippen molar-refractivity contribution in [3.05, 3.63) is 42.1 Å². The van der Waals surface area contributed by atoms with Gasteiger partial charge in [0.15, 0.2) is 0 Å². The van der Waals surface area contributed by atoms with Crippen molar-refractivity contribution in [1.29, 1.82) is 0 Å². The number of aromatic nitrogens is 1. The summed E-state index contributed by atoms with van der Waals surface area (Å²) in [7, 11) is 4.16. The predicted octanol–water partition coefficient (Wildman–Crippen LogP) is 2.06. The molecule has 0 aliphatic carbocycles. The first-order valence-electron chi connectivity index (χ1n) is 6.40. The van der Waals surface area contributed by atoms with Crippen LogP contribution >= 0.6 is 0 Å². The van der Waals surface area contributed by atoms with Crippen LogP contribution in [0.25, 0.3) is 10.9 Å². The third-order valence-corrected chi connectivity index (χ3v) is 3.17. The maximum Gasteiger partial charge on any atom is 0.0704 e. The number of para-hydroxylation sites is 1. The Morgan fingerprint density at radius 3 is 2.78 bits per heavy atom. The largest absolute Gasteiger partial charge is 0.327 e. The lowest BCUT2D eigenvalue weighted by Crippen LogP contribution is -2.28. The van der Waals surface area contributed by atoms with E-state index >= 15 is 0 Å². The summed E-state index contributed by atoms with van der Waals surface area (Å²) in [6.07, 6.45) is 3.80. The first-order chi connectivity index (χ1) is 8.66. The highest BCUT2D eigenvalue weighted by molar-refractivity contribution is 5.81. The van der Waals surface area contributed by atoms with Gasteiger partial charge < -0.3 is 10.6 Å². The topological polar surface area (TPSA) is 42.1 Å². The van der Waals surface area contributed by atoms with Gasteiger partial charge in [0.05, 0.1) is 5.52 Å². The second-order valence-corrected chi connectivity index (χ2v) is 5.04. The summed E-state index contributed by atoms with van der Waals surface area (Å²) in [4.78, 5) is 6.55. The fraction of sp³-hybridized carbons (Fsp3) is 0.400. The first-order valence-corrected chi connectivity index (χ1v) is 6.40. The molecule has 1 unspecified atom stereocenters. The minimum Gasteiger partial charge on any atom is -0.327 e. The van der Waals surface area contributed by atoms with Gasteiger partial charge in [-0.2, -0.15) is 0 Å². The van der Waals surface area contributed by atoms with Gasteiger partial charge in [0.1, 0.15) is 0 Å². The van der Waals surface area contributed by atoms with Crippen LogP contribution in [0.5, 0.6) is 0 Å². The normalized spacial score (nSPS) is 13.1. The summed E-state index contributed by atoms with van der Waals surface area (Å²) in [6, 6.07) is 10.5. The zero-order valence-corrected chi connectivity index (χ0v) is 11.1. The molecule has 1 aromatic heterocycles. The van der Waals surface area contributed by atoms with Crippen molar-refractivity contribution in [3.8, 4) is 0 Å². The summed E-state index contributed by atoms with van der Waals surface area (Å²) >= 11 is 0. The quantitative estimate of drug-likeness (QED) is 0.874. The van der Waals surface area contributed by atoms with E-state index in [0.717, 1.165) is 24.9 Å². The fourth-order valence-corrected chi connectivity index (χ4v) is 2.14. The van der Waals surface area contributed by atoms with Crippen molar-refractivity contribution in [3.63, 3.8) is 0 Å². The molecule has 0 bridgehead atoms. The van der Waals surface area contributed by atoms with Crippen molar-refractivity contribution in [1.82, 2.24) is 9.88 Å². The van der Waals surface area contributed by atoms with Crippen LogP contribution < -0.4 is 5.73 Å². The van der Waals surface area contributed by atoms with Gasteiger partial charge in [-0.1, -0.05) is 18.2 Å². The van der Waals surface area contributed by atoms with Crippen molar-refractivity contribution in [2.24, 2.45) is 5.73 Å². The van der Waals surface area contributed by atoms with Gasteiger partial charge in [-0.25, -0.2) is 0 Å². The Balaban J connectivity index is 2.11. The van der Waals surface area contributed by atoms with Crippen LogP contribution in [0, 0.1) is 0 Å². The Hall–Kier alpha value is -1.45. The highest BCUT2D eigenvalue weighted by Gasteiger charge is 2.07. The van der Waals surface area contributed by atoms with Crippen LogP contribution in [-0.4, -0.2) is 36.6 Å². The van der Waals surface area contributed by atoms with Crippen molar-refractivity contribution >= 4 is 10.9 Å². The van der Waals surface area contributed by atoms with Crippen LogP contribution in [0.4, 0.5) is 0 Å². The molecule has 0 fully saturated rings. The average molecular weight is 243 g/mol. The molecule has 0 spiro atoms. The molecule has 0 radical (unpaired) electrons. The molecule has 0 saturated carbocycles. The van der Waals surface area contributed by atoms with E-state index in [1.165, 1.54) is 10.9 Å². The predicted molar refractivity (Wildman–Crippen MR) is 76.6 cm³/mol. The van der Waals surface area contributed by atoms with Crippen LogP contribution in [0.1, 0.15) is 12.0 Å². The van der Waals surface area contributed by atoms with Gasteiger partial charge in [-0.3, -0.25) is 4.98 Å². The van der Waals surface area contributed by atoms with Gasteiger partial charge >= 0.3 is 0 Å². The van der Waals surface area contributed by atoms with Crippen molar-refractivity contribution in [2.75, 3.05) is 20.6 Å². The monoisotopic (exact) mass is 243 g/mol. The summed E-state index contributed by atoms with van der Waals surface area (Å²) in [5.41, 5.74) is 8.55. The van der Waals surface area contributed by atoms with Crippen LogP contribution in [0.2, 0.25) is 0 Å². The molecule has 0 aliphatic rings. The second-order valence-electron chi connectivity index (χ2n) is 5.04. The number of hydrogen-bond donors (Lipinski definition) is 1. The number of nitrogens with zero attached hydrogens (tertiary/aromatic N) is 2. The molecular formula is C15H21N3. The molecule has 2 N–H and O–H groups in total. The smallest absolute Gasteiger partial charge is 0.0704 e. The molecule has 1 atom stereocenters. The number of nitrogens with two attached hydrogens (primary N) is 1. The van der Waals surface area contributed by atoms with Crippen molar-refractivity contribution in [2.45, 2.75) is 18.9 Å². The average Bonchev–Trinajstić information content (AvgIpc) is 2.37. The molecule has 3 nitrogen and oxygen atoms in total. The van der Waals surface area contributed by atoms with Gasteiger partial charge in [0.25, 0.3) is 0 Å². The molecule has 0 saturated heterocycles. The summed E-state index contributed by atoms with van der Waals surface area (Å²) in [5.74, 6) is 0. The second kappa shape index (κ2) is 5.94. The summed E-state index contributed by atoms with van der Waals surface area (Å²) < 4.78 is 0. The zero-order valence-electron chi connectivity index (χ0n) is 11.1. The highest BCUT2D eigenvalue weighted by Crippen LogP contribution is 2.17. The van der Waals surface area contributed by atoms with Gasteiger partial charge in [0, 0.05) is 17.6 Å². The Morgan fingerprint density at radius 1 is 1.22 bits per heavy atom. The van der Waals surface area contributed by atoms with Crippen LogP contribution in [0.3, 0.4) is 0 Å². The number of fused-ring (bicyclic) bond motifs is 1. The minimum absolute atomic E-state index is 0.207. The number of pyridine rings is 1. The standard InChI is InChI=1S/C15H21N3/c1-18(2)10-8-13(16)11-12-7-9-17-15-6-4-3-5-14(12)15/h3-7,9,13H,8,10-11,16H2,1-2H3. The van der Waals surface area contributed by atoms with Gasteiger partial charge in [-0.15, -0.1) is 0 Å². The Labute approximate surface area is 109 Å². The number of hydrogen-bond acceptors (Lipinski definition) is 3. The van der Waals surface area contributed by atoms with Gasteiger partial charge in [-0.05, 0) is 51.2 Å². The lowest BCUT2D eigenvalue weighted by molar-refractivity contribution is 0.380. The third kappa shape index (κ3) is 3.28. The Kier molecular flexibility index (Phi) is 4.28. The summed E-state index contributed by atoms with van der Waals surface area (Å²) in [6.45, 7) is 1.03. The van der Waals surface area contributed by atoms with Crippen LogP contribution in [-0.2, 0) is 6.42 Å². The first kappa shape index (κ1) is 13.0. The Morgan fingerprint density at radius 2 is 2.00 bits per heavy atom. The minimum atomic E-state index is 0.207. The Bertz CT molecular complexity index is 503. The molecule has 1 heterocycles. The molecule has 2 rings (SSSR count). The summed E-state index contributed by atoms with van der Waals surface area (Å²) in [5, 5.41) is 1.22. The zero-order chi connectivity index (χ0) is 13.0. The van der Waals surface area contributed by atoms with E-state index in [1.54, 1.807) is 0 Å². The molecule has 2 aromatic rings. The molecule has 18 heavy (non-hydrogen) atoms. The SMILES string of the molecule is CN(C)CCC(N)Cc1ccnc2ccccc12. The highest BCUT2D eigenvalue weighted by atomic mass is 15.0. The van der Waals surface area contributed by atoms with E-state index in [0.29, 0.717) is 0 Å². The number of benzene rings is 1. The molecule has 3 heteroatoms. The fourth-order valence-electron chi connectivity index (χ4n) is 2.14. The lowest BCUT2D eigenvalue weighted by atomic mass is 10.0. The van der Waals surface area contributed by atoms with E-state index in [4.69, 9.17) is 5.73 Å². The molecule has 1 aromatic carbocycles.